The lowest BCUT2D eigenvalue weighted by Crippen LogP contribution is -2.23. The highest BCUT2D eigenvalue weighted by Gasteiger charge is 2.17. The fourth-order valence-corrected chi connectivity index (χ4v) is 3.66. The molecule has 0 aliphatic carbocycles. The molecule has 0 aliphatic rings. The van der Waals surface area contributed by atoms with E-state index in [0.717, 1.165) is 16.8 Å². The zero-order valence-electron chi connectivity index (χ0n) is 17.9. The van der Waals surface area contributed by atoms with E-state index in [1.54, 1.807) is 12.4 Å². The molecular formula is C25H18N8O. The second kappa shape index (κ2) is 8.80. The molecule has 3 N–H and O–H groups in total. The number of anilines is 1. The predicted molar refractivity (Wildman–Crippen MR) is 127 cm³/mol. The van der Waals surface area contributed by atoms with Gasteiger partial charge in [-0.05, 0) is 48.0 Å². The molecule has 5 rings (SSSR count). The van der Waals surface area contributed by atoms with Crippen molar-refractivity contribution in [2.75, 3.05) is 5.73 Å². The van der Waals surface area contributed by atoms with Crippen LogP contribution in [0.3, 0.4) is 0 Å². The van der Waals surface area contributed by atoms with Crippen LogP contribution in [0.25, 0.3) is 28.2 Å². The third-order valence-corrected chi connectivity index (χ3v) is 5.33. The van der Waals surface area contributed by atoms with Gasteiger partial charge < -0.3 is 11.1 Å². The van der Waals surface area contributed by atoms with E-state index < -0.39 is 0 Å². The Morgan fingerprint density at radius 1 is 1.03 bits per heavy atom. The highest BCUT2D eigenvalue weighted by Crippen LogP contribution is 2.30. The summed E-state index contributed by atoms with van der Waals surface area (Å²) in [5.74, 6) is 0.666. The number of carbonyl (C=O) groups is 1. The predicted octanol–water partition coefficient (Wildman–Crippen LogP) is 3.26. The van der Waals surface area contributed by atoms with Gasteiger partial charge in [-0.15, -0.1) is 0 Å². The number of carbonyl (C=O) groups excluding carboxylic acids is 1. The highest BCUT2D eigenvalue weighted by atomic mass is 16.1. The average Bonchev–Trinajstić information content (AvgIpc) is 3.27. The number of nitrogen functional groups attached to an aromatic ring is 1. The number of fused-ring (bicyclic) bond motifs is 1. The summed E-state index contributed by atoms with van der Waals surface area (Å²) in [7, 11) is 0. The van der Waals surface area contributed by atoms with Gasteiger partial charge in [0, 0.05) is 37.0 Å². The fraction of sp³-hybridized carbons (Fsp3) is 0.0400. The Morgan fingerprint density at radius 3 is 2.62 bits per heavy atom. The molecule has 0 saturated heterocycles. The second-order valence-corrected chi connectivity index (χ2v) is 7.44. The summed E-state index contributed by atoms with van der Waals surface area (Å²) in [5, 5.41) is 12.0. The largest absolute Gasteiger partial charge is 0.383 e. The van der Waals surface area contributed by atoms with Crippen LogP contribution in [0.5, 0.6) is 0 Å². The van der Waals surface area contributed by atoms with Crippen molar-refractivity contribution >= 4 is 22.9 Å². The number of nitriles is 1. The molecule has 0 fully saturated rings. The van der Waals surface area contributed by atoms with Crippen LogP contribution in [-0.4, -0.2) is 30.4 Å². The maximum Gasteiger partial charge on any atom is 0.254 e. The first-order chi connectivity index (χ1) is 16.7. The average molecular weight is 446 g/mol. The van der Waals surface area contributed by atoms with Gasteiger partial charge in [-0.1, -0.05) is 12.1 Å². The highest BCUT2D eigenvalue weighted by molar-refractivity contribution is 5.96. The summed E-state index contributed by atoms with van der Waals surface area (Å²) >= 11 is 0. The van der Waals surface area contributed by atoms with Crippen LogP contribution in [0.4, 0.5) is 5.82 Å². The number of nitrogens with two attached hydrogens (primary N) is 1. The first kappa shape index (κ1) is 20.8. The Balaban J connectivity index is 1.45. The minimum atomic E-state index is -0.354. The van der Waals surface area contributed by atoms with Gasteiger partial charge in [0.05, 0.1) is 16.7 Å². The van der Waals surface area contributed by atoms with E-state index in [1.165, 1.54) is 18.5 Å². The molecule has 0 bridgehead atoms. The van der Waals surface area contributed by atoms with Crippen molar-refractivity contribution < 1.29 is 4.79 Å². The van der Waals surface area contributed by atoms with E-state index in [2.05, 4.69) is 20.3 Å². The minimum Gasteiger partial charge on any atom is -0.383 e. The van der Waals surface area contributed by atoms with Gasteiger partial charge in [0.2, 0.25) is 0 Å². The number of aromatic nitrogens is 5. The summed E-state index contributed by atoms with van der Waals surface area (Å²) in [6, 6.07) is 18.6. The zero-order chi connectivity index (χ0) is 23.5. The molecule has 1 amide bonds. The number of benzene rings is 1. The van der Waals surface area contributed by atoms with Crippen molar-refractivity contribution in [2.45, 2.75) is 6.54 Å². The summed E-state index contributed by atoms with van der Waals surface area (Å²) in [5.41, 5.74) is 10.5. The standard InChI is InChI=1S/C25H18N8O/c26-13-17-9-12-28-15-20(17)25(34)31-14-16-5-7-18(8-6-16)33-23(19-3-1-10-29-22(19)27)32-21-4-2-11-30-24(21)33/h1-12,15H,14H2,(H2,27,29)(H,31,34). The number of hydrogen-bond donors (Lipinski definition) is 2. The molecule has 1 aromatic carbocycles. The van der Waals surface area contributed by atoms with Gasteiger partial charge in [0.25, 0.3) is 5.91 Å². The number of amides is 1. The Labute approximate surface area is 194 Å². The Bertz CT molecular complexity index is 1550. The van der Waals surface area contributed by atoms with Crippen LogP contribution in [0, 0.1) is 11.3 Å². The number of hydrogen-bond acceptors (Lipinski definition) is 7. The Morgan fingerprint density at radius 2 is 1.82 bits per heavy atom. The normalized spacial score (nSPS) is 10.7. The van der Waals surface area contributed by atoms with E-state index in [0.29, 0.717) is 29.4 Å². The topological polar surface area (TPSA) is 135 Å². The zero-order valence-corrected chi connectivity index (χ0v) is 17.9. The summed E-state index contributed by atoms with van der Waals surface area (Å²) in [4.78, 5) is 29.9. The minimum absolute atomic E-state index is 0.247. The van der Waals surface area contributed by atoms with Gasteiger partial charge in [0.1, 0.15) is 17.4 Å². The summed E-state index contributed by atoms with van der Waals surface area (Å²) in [6.07, 6.45) is 6.23. The lowest BCUT2D eigenvalue weighted by Gasteiger charge is -2.11. The molecule has 0 saturated carbocycles. The molecular weight excluding hydrogens is 428 g/mol. The Kier molecular flexibility index (Phi) is 5.38. The summed E-state index contributed by atoms with van der Waals surface area (Å²) < 4.78 is 1.93. The molecule has 0 atom stereocenters. The molecule has 5 aromatic rings. The van der Waals surface area contributed by atoms with Gasteiger partial charge in [-0.3, -0.25) is 14.3 Å². The maximum atomic E-state index is 12.5. The van der Waals surface area contributed by atoms with Gasteiger partial charge in [-0.2, -0.15) is 5.26 Å². The van der Waals surface area contributed by atoms with Gasteiger partial charge >= 0.3 is 0 Å². The summed E-state index contributed by atoms with van der Waals surface area (Å²) in [6.45, 7) is 0.296. The second-order valence-electron chi connectivity index (χ2n) is 7.44. The van der Waals surface area contributed by atoms with Crippen molar-refractivity contribution in [3.8, 4) is 23.1 Å². The van der Waals surface area contributed by atoms with E-state index in [9.17, 15) is 10.1 Å². The molecule has 0 aliphatic heterocycles. The van der Waals surface area contributed by atoms with Crippen molar-refractivity contribution in [1.29, 1.82) is 5.26 Å². The molecule has 0 radical (unpaired) electrons. The lowest BCUT2D eigenvalue weighted by molar-refractivity contribution is 0.0950. The maximum absolute atomic E-state index is 12.5. The smallest absolute Gasteiger partial charge is 0.254 e. The van der Waals surface area contributed by atoms with E-state index in [-0.39, 0.29) is 17.0 Å². The van der Waals surface area contributed by atoms with Crippen molar-refractivity contribution in [3.63, 3.8) is 0 Å². The van der Waals surface area contributed by atoms with Crippen LogP contribution in [-0.2, 0) is 6.54 Å². The third kappa shape index (κ3) is 3.80. The van der Waals surface area contributed by atoms with E-state index in [1.807, 2.05) is 59.2 Å². The molecule has 4 aromatic heterocycles. The Hall–Kier alpha value is -5.10. The van der Waals surface area contributed by atoms with Crippen LogP contribution in [0.2, 0.25) is 0 Å². The van der Waals surface area contributed by atoms with Crippen molar-refractivity contribution in [2.24, 2.45) is 0 Å². The lowest BCUT2D eigenvalue weighted by atomic mass is 10.1. The molecule has 9 heteroatoms. The molecule has 4 heterocycles. The SMILES string of the molecule is N#Cc1ccncc1C(=O)NCc1ccc(-n2c(-c3cccnc3N)nc3cccnc32)cc1. The third-order valence-electron chi connectivity index (χ3n) is 5.33. The number of imidazole rings is 1. The van der Waals surface area contributed by atoms with Crippen LogP contribution in [0.15, 0.2) is 79.4 Å². The number of pyridine rings is 3. The van der Waals surface area contributed by atoms with Gasteiger partial charge in [0.15, 0.2) is 11.5 Å². The fourth-order valence-electron chi connectivity index (χ4n) is 3.66. The molecule has 34 heavy (non-hydrogen) atoms. The molecule has 0 spiro atoms. The molecule has 164 valence electrons. The van der Waals surface area contributed by atoms with Gasteiger partial charge in [-0.25, -0.2) is 15.0 Å². The van der Waals surface area contributed by atoms with E-state index >= 15 is 0 Å². The molecule has 9 nitrogen and oxygen atoms in total. The number of rotatable bonds is 5. The van der Waals surface area contributed by atoms with Crippen LogP contribution >= 0.6 is 0 Å². The van der Waals surface area contributed by atoms with Crippen LogP contribution < -0.4 is 11.1 Å². The van der Waals surface area contributed by atoms with E-state index in [4.69, 9.17) is 10.7 Å². The monoisotopic (exact) mass is 446 g/mol. The number of nitrogens with zero attached hydrogens (tertiary/aromatic N) is 6. The van der Waals surface area contributed by atoms with Crippen molar-refractivity contribution in [1.82, 2.24) is 29.8 Å². The first-order valence-corrected chi connectivity index (χ1v) is 10.4. The molecule has 0 unspecified atom stereocenters. The van der Waals surface area contributed by atoms with Crippen molar-refractivity contribution in [3.05, 3.63) is 96.1 Å². The quantitative estimate of drug-likeness (QED) is 0.423. The first-order valence-electron chi connectivity index (χ1n) is 10.4. The number of nitrogens with one attached hydrogen (secondary N) is 1. The van der Waals surface area contributed by atoms with Crippen LogP contribution in [0.1, 0.15) is 21.5 Å².